The van der Waals surface area contributed by atoms with Crippen molar-refractivity contribution >= 4 is 23.5 Å². The normalized spacial score (nSPS) is 10.9. The number of carbonyl (C=O) groups excluding carboxylic acids is 1. The first-order valence-corrected chi connectivity index (χ1v) is 8.99. The minimum atomic E-state index is -0.202. The first-order valence-electron chi connectivity index (χ1n) is 8.62. The van der Waals surface area contributed by atoms with E-state index in [2.05, 4.69) is 15.4 Å². The van der Waals surface area contributed by atoms with Crippen molar-refractivity contribution in [3.63, 3.8) is 0 Å². The molecule has 1 N–H and O–H groups in total. The monoisotopic (exact) mass is 384 g/mol. The van der Waals surface area contributed by atoms with Crippen LogP contribution >= 0.6 is 11.6 Å². The van der Waals surface area contributed by atoms with Crippen LogP contribution in [0.2, 0.25) is 5.02 Å². The van der Waals surface area contributed by atoms with Crippen LogP contribution in [-0.4, -0.2) is 27.8 Å². The molecule has 0 saturated carbocycles. The molecule has 0 aliphatic rings. The third-order valence-corrected chi connectivity index (χ3v) is 4.27. The lowest BCUT2D eigenvalue weighted by atomic mass is 10.2. The van der Waals surface area contributed by atoms with Crippen LogP contribution in [0.3, 0.4) is 0 Å². The van der Waals surface area contributed by atoms with Crippen LogP contribution in [0.4, 0.5) is 5.95 Å². The maximum atomic E-state index is 12.5. The smallest absolute Gasteiger partial charge is 0.252 e. The first-order chi connectivity index (χ1) is 13.0. The van der Waals surface area contributed by atoms with Crippen molar-refractivity contribution < 1.29 is 9.53 Å². The quantitative estimate of drug-likeness (QED) is 0.676. The maximum Gasteiger partial charge on any atom is 0.252 e. The van der Waals surface area contributed by atoms with Crippen molar-refractivity contribution in [2.45, 2.75) is 20.4 Å². The molecule has 3 aromatic rings. The van der Waals surface area contributed by atoms with Gasteiger partial charge in [0, 0.05) is 23.0 Å². The van der Waals surface area contributed by atoms with Crippen LogP contribution in [0.5, 0.6) is 5.75 Å². The summed E-state index contributed by atoms with van der Waals surface area (Å²) in [7, 11) is 1.63. The average Bonchev–Trinajstić information content (AvgIpc) is 3.10. The van der Waals surface area contributed by atoms with Gasteiger partial charge in [-0.1, -0.05) is 37.6 Å². The van der Waals surface area contributed by atoms with Crippen molar-refractivity contribution in [1.82, 2.24) is 14.8 Å². The van der Waals surface area contributed by atoms with Crippen LogP contribution < -0.4 is 10.1 Å². The summed E-state index contributed by atoms with van der Waals surface area (Å²) in [5, 5.41) is 8.24. The zero-order valence-corrected chi connectivity index (χ0v) is 16.2. The highest BCUT2D eigenvalue weighted by Gasteiger charge is 2.19. The van der Waals surface area contributed by atoms with Crippen LogP contribution in [0.25, 0.3) is 11.4 Å². The van der Waals surface area contributed by atoms with E-state index in [0.717, 1.165) is 16.9 Å². The van der Waals surface area contributed by atoms with Gasteiger partial charge in [-0.2, -0.15) is 9.67 Å². The lowest BCUT2D eigenvalue weighted by Gasteiger charge is -2.09. The molecule has 140 valence electrons. The van der Waals surface area contributed by atoms with Crippen LogP contribution in [0.15, 0.2) is 48.5 Å². The summed E-state index contributed by atoms with van der Waals surface area (Å²) in [6, 6.07) is 14.9. The zero-order valence-electron chi connectivity index (χ0n) is 15.4. The molecule has 0 spiro atoms. The molecule has 6 nitrogen and oxygen atoms in total. The van der Waals surface area contributed by atoms with Gasteiger partial charge in [-0.25, -0.2) is 0 Å². The number of nitrogens with one attached hydrogen (secondary N) is 1. The molecule has 0 aliphatic carbocycles. The van der Waals surface area contributed by atoms with E-state index in [1.807, 2.05) is 50.2 Å². The Kier molecular flexibility index (Phi) is 5.76. The second-order valence-corrected chi connectivity index (χ2v) is 6.81. The van der Waals surface area contributed by atoms with Gasteiger partial charge in [0.2, 0.25) is 5.95 Å². The summed E-state index contributed by atoms with van der Waals surface area (Å²) >= 11 is 5.95. The fourth-order valence-corrected chi connectivity index (χ4v) is 2.60. The van der Waals surface area contributed by atoms with Crippen LogP contribution in [-0.2, 0) is 6.54 Å². The molecule has 1 heterocycles. The Morgan fingerprint density at radius 2 is 1.81 bits per heavy atom. The number of halogens is 1. The molecule has 0 unspecified atom stereocenters. The van der Waals surface area contributed by atoms with Crippen LogP contribution in [0.1, 0.15) is 24.2 Å². The number of hydrogen-bond donors (Lipinski definition) is 1. The zero-order chi connectivity index (χ0) is 19.4. The average molecular weight is 385 g/mol. The van der Waals surface area contributed by atoms with Crippen molar-refractivity contribution in [3.05, 3.63) is 59.1 Å². The molecule has 0 radical (unpaired) electrons. The minimum Gasteiger partial charge on any atom is -0.497 e. The second kappa shape index (κ2) is 8.22. The van der Waals surface area contributed by atoms with E-state index in [1.54, 1.807) is 19.2 Å². The molecular formula is C20H21ClN4O2. The SMILES string of the molecule is COc1ccc(CNc2nc(-c3ccc(Cl)cc3)nn2C(=O)C(C)C)cc1. The van der Waals surface area contributed by atoms with Crippen molar-refractivity contribution in [3.8, 4) is 17.1 Å². The third kappa shape index (κ3) is 4.46. The Bertz CT molecular complexity index is 918. The van der Waals surface area contributed by atoms with Gasteiger partial charge in [0.05, 0.1) is 7.11 Å². The Labute approximate surface area is 163 Å². The fourth-order valence-electron chi connectivity index (χ4n) is 2.47. The number of nitrogens with zero attached hydrogens (tertiary/aromatic N) is 3. The lowest BCUT2D eigenvalue weighted by molar-refractivity contribution is 0.0841. The number of anilines is 1. The predicted molar refractivity (Wildman–Crippen MR) is 106 cm³/mol. The second-order valence-electron chi connectivity index (χ2n) is 6.37. The Hall–Kier alpha value is -2.86. The first kappa shape index (κ1) is 18.9. The van der Waals surface area contributed by atoms with E-state index in [0.29, 0.717) is 23.3 Å². The van der Waals surface area contributed by atoms with Crippen molar-refractivity contribution in [2.75, 3.05) is 12.4 Å². The fraction of sp³-hybridized carbons (Fsp3) is 0.250. The van der Waals surface area contributed by atoms with Gasteiger partial charge < -0.3 is 10.1 Å². The molecule has 2 aromatic carbocycles. The molecule has 3 rings (SSSR count). The highest BCUT2D eigenvalue weighted by atomic mass is 35.5. The standard InChI is InChI=1S/C20H21ClN4O2/c1-13(2)19(26)25-20(22-12-14-4-10-17(27-3)11-5-14)23-18(24-25)15-6-8-16(21)9-7-15/h4-11,13H,12H2,1-3H3,(H,22,23,24). The Morgan fingerprint density at radius 3 is 2.41 bits per heavy atom. The highest BCUT2D eigenvalue weighted by molar-refractivity contribution is 6.30. The number of benzene rings is 2. The van der Waals surface area contributed by atoms with Gasteiger partial charge in [0.1, 0.15) is 5.75 Å². The summed E-state index contributed by atoms with van der Waals surface area (Å²) in [4.78, 5) is 17.1. The number of methoxy groups -OCH3 is 1. The molecule has 0 fully saturated rings. The number of hydrogen-bond acceptors (Lipinski definition) is 5. The van der Waals surface area contributed by atoms with Gasteiger partial charge in [0.25, 0.3) is 5.91 Å². The molecule has 0 bridgehead atoms. The third-order valence-electron chi connectivity index (χ3n) is 4.02. The molecule has 0 atom stereocenters. The summed E-state index contributed by atoms with van der Waals surface area (Å²) < 4.78 is 6.50. The summed E-state index contributed by atoms with van der Waals surface area (Å²) in [5.74, 6) is 1.35. The van der Waals surface area contributed by atoms with Gasteiger partial charge in [-0.15, -0.1) is 5.10 Å². The number of ether oxygens (including phenoxy) is 1. The molecule has 27 heavy (non-hydrogen) atoms. The van der Waals surface area contributed by atoms with E-state index < -0.39 is 0 Å². The Balaban J connectivity index is 1.87. The van der Waals surface area contributed by atoms with Gasteiger partial charge in [0.15, 0.2) is 5.82 Å². The lowest BCUT2D eigenvalue weighted by Crippen LogP contribution is -2.21. The topological polar surface area (TPSA) is 69.0 Å². The van der Waals surface area contributed by atoms with Crippen molar-refractivity contribution in [2.24, 2.45) is 5.92 Å². The van der Waals surface area contributed by atoms with Gasteiger partial charge in [-0.3, -0.25) is 4.79 Å². The number of carbonyl (C=O) groups is 1. The molecular weight excluding hydrogens is 364 g/mol. The number of rotatable bonds is 6. The maximum absolute atomic E-state index is 12.5. The van der Waals surface area contributed by atoms with E-state index in [4.69, 9.17) is 16.3 Å². The number of aromatic nitrogens is 3. The van der Waals surface area contributed by atoms with Gasteiger partial charge in [-0.05, 0) is 42.0 Å². The van der Waals surface area contributed by atoms with Gasteiger partial charge >= 0.3 is 0 Å². The minimum absolute atomic E-state index is 0.125. The van der Waals surface area contributed by atoms with E-state index in [9.17, 15) is 4.79 Å². The van der Waals surface area contributed by atoms with E-state index in [1.165, 1.54) is 4.68 Å². The van der Waals surface area contributed by atoms with E-state index in [-0.39, 0.29) is 11.8 Å². The molecule has 0 aliphatic heterocycles. The van der Waals surface area contributed by atoms with Crippen LogP contribution in [0, 0.1) is 5.92 Å². The molecule has 7 heteroatoms. The molecule has 0 amide bonds. The highest BCUT2D eigenvalue weighted by Crippen LogP contribution is 2.21. The van der Waals surface area contributed by atoms with E-state index >= 15 is 0 Å². The largest absolute Gasteiger partial charge is 0.497 e. The molecule has 1 aromatic heterocycles. The summed E-state index contributed by atoms with van der Waals surface area (Å²) in [6.45, 7) is 4.17. The summed E-state index contributed by atoms with van der Waals surface area (Å²) in [5.41, 5.74) is 1.83. The molecule has 0 saturated heterocycles. The predicted octanol–water partition coefficient (Wildman–Crippen LogP) is 4.52. The Morgan fingerprint density at radius 1 is 1.15 bits per heavy atom. The van der Waals surface area contributed by atoms with Crippen molar-refractivity contribution in [1.29, 1.82) is 0 Å². The summed E-state index contributed by atoms with van der Waals surface area (Å²) in [6.07, 6.45) is 0.